The van der Waals surface area contributed by atoms with Crippen LogP contribution in [-0.4, -0.2) is 11.1 Å². The predicted octanol–water partition coefficient (Wildman–Crippen LogP) is 1.63. The molecule has 0 fully saturated rings. The van der Waals surface area contributed by atoms with E-state index in [-0.39, 0.29) is 12.4 Å². The summed E-state index contributed by atoms with van der Waals surface area (Å²) >= 11 is 0. The summed E-state index contributed by atoms with van der Waals surface area (Å²) in [7, 11) is 0. The van der Waals surface area contributed by atoms with E-state index < -0.39 is 5.97 Å². The van der Waals surface area contributed by atoms with Crippen LogP contribution in [0.5, 0.6) is 0 Å². The van der Waals surface area contributed by atoms with Crippen molar-refractivity contribution in [3.8, 4) is 0 Å². The highest BCUT2D eigenvalue weighted by atomic mass is 35.5. The molecular weight excluding hydrogens is 140 g/mol. The minimum atomic E-state index is -0.937. The van der Waals surface area contributed by atoms with Gasteiger partial charge in [-0.05, 0) is 6.92 Å². The second-order valence-electron chi connectivity index (χ2n) is 1.52. The van der Waals surface area contributed by atoms with E-state index in [9.17, 15) is 4.79 Å². The van der Waals surface area contributed by atoms with Crippen LogP contribution in [0.4, 0.5) is 0 Å². The number of carboxylic acid groups (broad SMARTS) is 1. The Morgan fingerprint density at radius 2 is 2.00 bits per heavy atom. The second kappa shape index (κ2) is 5.38. The first kappa shape index (κ1) is 11.1. The van der Waals surface area contributed by atoms with Crippen LogP contribution in [0.25, 0.3) is 0 Å². The van der Waals surface area contributed by atoms with Gasteiger partial charge in [-0.2, -0.15) is 0 Å². The fraction of sp³-hybridized carbons (Fsp3) is 0.167. The summed E-state index contributed by atoms with van der Waals surface area (Å²) in [4.78, 5) is 9.78. The molecule has 0 amide bonds. The Hall–Kier alpha value is -0.760. The van der Waals surface area contributed by atoms with E-state index in [1.807, 2.05) is 0 Å². The molecule has 0 radical (unpaired) electrons. The average Bonchev–Trinajstić information content (AvgIpc) is 1.61. The van der Waals surface area contributed by atoms with Gasteiger partial charge >= 0.3 is 5.97 Å². The maximum atomic E-state index is 9.78. The lowest BCUT2D eigenvalue weighted by molar-refractivity contribution is -0.131. The first-order valence-corrected chi connectivity index (χ1v) is 2.19. The van der Waals surface area contributed by atoms with Crippen molar-refractivity contribution in [2.75, 3.05) is 0 Å². The van der Waals surface area contributed by atoms with Crippen LogP contribution >= 0.6 is 12.4 Å². The molecular formula is C6H9ClO2. The zero-order valence-electron chi connectivity index (χ0n) is 5.13. The van der Waals surface area contributed by atoms with Crippen molar-refractivity contribution < 1.29 is 9.90 Å². The molecule has 0 unspecified atom stereocenters. The van der Waals surface area contributed by atoms with Gasteiger partial charge in [0, 0.05) is 6.08 Å². The van der Waals surface area contributed by atoms with Gasteiger partial charge in [0.05, 0.1) is 0 Å². The van der Waals surface area contributed by atoms with Crippen molar-refractivity contribution in [1.29, 1.82) is 0 Å². The van der Waals surface area contributed by atoms with Gasteiger partial charge in [0.25, 0.3) is 0 Å². The molecule has 0 aromatic heterocycles. The Balaban J connectivity index is 0. The molecule has 1 N–H and O–H groups in total. The molecule has 0 atom stereocenters. The highest BCUT2D eigenvalue weighted by Crippen LogP contribution is 1.86. The van der Waals surface area contributed by atoms with Crippen LogP contribution in [-0.2, 0) is 4.79 Å². The molecule has 0 rings (SSSR count). The number of rotatable bonds is 2. The second-order valence-corrected chi connectivity index (χ2v) is 1.52. The lowest BCUT2D eigenvalue weighted by Gasteiger charge is -1.79. The summed E-state index contributed by atoms with van der Waals surface area (Å²) in [5.74, 6) is -0.937. The van der Waals surface area contributed by atoms with E-state index in [0.717, 1.165) is 11.6 Å². The Morgan fingerprint density at radius 1 is 1.56 bits per heavy atom. The maximum Gasteiger partial charge on any atom is 0.328 e. The molecule has 0 aliphatic carbocycles. The van der Waals surface area contributed by atoms with Gasteiger partial charge in [-0.15, -0.1) is 12.4 Å². The number of hydrogen-bond donors (Lipinski definition) is 1. The van der Waals surface area contributed by atoms with E-state index in [1.54, 1.807) is 6.92 Å². The Bertz CT molecular complexity index is 122. The van der Waals surface area contributed by atoms with Crippen LogP contribution in [0.3, 0.4) is 0 Å². The van der Waals surface area contributed by atoms with Gasteiger partial charge < -0.3 is 5.11 Å². The SMILES string of the molecule is C=C(C)C=CC(=O)O.Cl. The number of aliphatic carboxylic acids is 1. The van der Waals surface area contributed by atoms with Crippen molar-refractivity contribution in [1.82, 2.24) is 0 Å². The largest absolute Gasteiger partial charge is 0.478 e. The Labute approximate surface area is 60.3 Å². The fourth-order valence-electron chi connectivity index (χ4n) is 0.214. The molecule has 0 aliphatic heterocycles. The van der Waals surface area contributed by atoms with Crippen molar-refractivity contribution in [3.05, 3.63) is 24.3 Å². The maximum absolute atomic E-state index is 9.78. The smallest absolute Gasteiger partial charge is 0.328 e. The fourth-order valence-corrected chi connectivity index (χ4v) is 0.214. The monoisotopic (exact) mass is 148 g/mol. The van der Waals surface area contributed by atoms with Crippen molar-refractivity contribution in [2.45, 2.75) is 6.92 Å². The number of allylic oxidation sites excluding steroid dienone is 2. The molecule has 52 valence electrons. The van der Waals surface area contributed by atoms with Gasteiger partial charge in [-0.1, -0.05) is 18.2 Å². The van der Waals surface area contributed by atoms with Gasteiger partial charge in [-0.3, -0.25) is 0 Å². The lowest BCUT2D eigenvalue weighted by Crippen LogP contribution is -1.85. The number of hydrogen-bond acceptors (Lipinski definition) is 1. The quantitative estimate of drug-likeness (QED) is 0.477. The lowest BCUT2D eigenvalue weighted by atomic mass is 10.3. The van der Waals surface area contributed by atoms with Crippen LogP contribution < -0.4 is 0 Å². The first-order chi connectivity index (χ1) is 3.63. The summed E-state index contributed by atoms with van der Waals surface area (Å²) < 4.78 is 0. The number of carboxylic acids is 1. The molecule has 0 aromatic rings. The third kappa shape index (κ3) is 11.1. The highest BCUT2D eigenvalue weighted by molar-refractivity contribution is 5.85. The summed E-state index contributed by atoms with van der Waals surface area (Å²) in [6.07, 6.45) is 2.50. The number of halogens is 1. The molecule has 0 bridgehead atoms. The highest BCUT2D eigenvalue weighted by Gasteiger charge is 1.81. The van der Waals surface area contributed by atoms with E-state index in [0.29, 0.717) is 0 Å². The summed E-state index contributed by atoms with van der Waals surface area (Å²) in [6, 6.07) is 0. The van der Waals surface area contributed by atoms with E-state index in [2.05, 4.69) is 6.58 Å². The predicted molar refractivity (Wildman–Crippen MR) is 38.8 cm³/mol. The summed E-state index contributed by atoms with van der Waals surface area (Å²) in [5.41, 5.74) is 0.743. The molecule has 0 saturated carbocycles. The molecule has 0 aliphatic rings. The van der Waals surface area contributed by atoms with Crippen LogP contribution in [0.15, 0.2) is 24.3 Å². The third-order valence-corrected chi connectivity index (χ3v) is 0.510. The normalized spacial score (nSPS) is 8.56. The minimum Gasteiger partial charge on any atom is -0.478 e. The standard InChI is InChI=1S/C6H8O2.ClH/c1-5(2)3-4-6(7)8;/h3-4H,1H2,2H3,(H,7,8);1H. The van der Waals surface area contributed by atoms with Crippen molar-refractivity contribution in [2.24, 2.45) is 0 Å². The zero-order valence-corrected chi connectivity index (χ0v) is 5.94. The van der Waals surface area contributed by atoms with Crippen molar-refractivity contribution in [3.63, 3.8) is 0 Å². The molecule has 0 aromatic carbocycles. The molecule has 0 spiro atoms. The van der Waals surface area contributed by atoms with E-state index in [1.165, 1.54) is 6.08 Å². The zero-order chi connectivity index (χ0) is 6.57. The molecule has 3 heteroatoms. The minimum absolute atomic E-state index is 0. The molecule has 2 nitrogen and oxygen atoms in total. The summed E-state index contributed by atoms with van der Waals surface area (Å²) in [5, 5.41) is 8.03. The molecule has 0 saturated heterocycles. The molecule has 0 heterocycles. The Kier molecular flexibility index (Phi) is 6.63. The van der Waals surface area contributed by atoms with Crippen molar-refractivity contribution >= 4 is 18.4 Å². The van der Waals surface area contributed by atoms with Crippen LogP contribution in [0, 0.1) is 0 Å². The van der Waals surface area contributed by atoms with Gasteiger partial charge in [0.1, 0.15) is 0 Å². The van der Waals surface area contributed by atoms with E-state index >= 15 is 0 Å². The molecule has 9 heavy (non-hydrogen) atoms. The Morgan fingerprint density at radius 3 is 2.11 bits per heavy atom. The number of carbonyl (C=O) groups is 1. The van der Waals surface area contributed by atoms with Gasteiger partial charge in [0.15, 0.2) is 0 Å². The average molecular weight is 149 g/mol. The topological polar surface area (TPSA) is 37.3 Å². The third-order valence-electron chi connectivity index (χ3n) is 0.510. The first-order valence-electron chi connectivity index (χ1n) is 2.19. The van der Waals surface area contributed by atoms with Crippen LogP contribution in [0.2, 0.25) is 0 Å². The summed E-state index contributed by atoms with van der Waals surface area (Å²) in [6.45, 7) is 5.21. The van der Waals surface area contributed by atoms with E-state index in [4.69, 9.17) is 5.11 Å². The van der Waals surface area contributed by atoms with Gasteiger partial charge in [0.2, 0.25) is 0 Å². The van der Waals surface area contributed by atoms with Crippen LogP contribution in [0.1, 0.15) is 6.92 Å². The van der Waals surface area contributed by atoms with Gasteiger partial charge in [-0.25, -0.2) is 4.79 Å².